The van der Waals surface area contributed by atoms with Crippen molar-refractivity contribution in [2.24, 2.45) is 0 Å². The Morgan fingerprint density at radius 2 is 1.90 bits per heavy atom. The van der Waals surface area contributed by atoms with Crippen LogP contribution >= 0.6 is 11.6 Å². The van der Waals surface area contributed by atoms with E-state index in [0.717, 1.165) is 24.9 Å². The topological polar surface area (TPSA) is 38.3 Å². The number of hydrogen-bond acceptors (Lipinski definition) is 3. The van der Waals surface area contributed by atoms with Crippen LogP contribution in [0.1, 0.15) is 52.4 Å². The second-order valence-corrected chi connectivity index (χ2v) is 5.54. The first kappa shape index (κ1) is 17.8. The van der Waals surface area contributed by atoms with Crippen molar-refractivity contribution in [2.75, 3.05) is 11.9 Å². The van der Waals surface area contributed by atoms with Crippen molar-refractivity contribution in [1.82, 2.24) is 0 Å². The van der Waals surface area contributed by atoms with Crippen LogP contribution in [0.3, 0.4) is 0 Å². The lowest BCUT2D eigenvalue weighted by molar-refractivity contribution is -0.144. The van der Waals surface area contributed by atoms with Gasteiger partial charge in [-0.1, -0.05) is 62.8 Å². The normalized spacial score (nSPS) is 12.0. The number of nitrogens with one attached hydrogen (secondary N) is 1. The average molecular weight is 312 g/mol. The van der Waals surface area contributed by atoms with Crippen molar-refractivity contribution >= 4 is 23.3 Å². The fourth-order valence-electron chi connectivity index (χ4n) is 2.21. The highest BCUT2D eigenvalue weighted by Gasteiger charge is 2.19. The van der Waals surface area contributed by atoms with Gasteiger partial charge in [0, 0.05) is 0 Å². The third kappa shape index (κ3) is 6.85. The number of carbonyl (C=O) groups excluding carboxylic acids is 1. The Kier molecular flexibility index (Phi) is 8.91. The van der Waals surface area contributed by atoms with Crippen LogP contribution in [-0.2, 0) is 9.53 Å². The number of anilines is 1. The molecule has 1 aromatic carbocycles. The molecule has 0 aliphatic carbocycles. The van der Waals surface area contributed by atoms with Gasteiger partial charge in [0.25, 0.3) is 0 Å². The molecule has 0 amide bonds. The molecule has 0 saturated heterocycles. The Bertz CT molecular complexity index is 423. The van der Waals surface area contributed by atoms with Gasteiger partial charge in [0.2, 0.25) is 0 Å². The number of rotatable bonds is 10. The summed E-state index contributed by atoms with van der Waals surface area (Å²) in [7, 11) is 0. The predicted molar refractivity (Wildman–Crippen MR) is 88.9 cm³/mol. The average Bonchev–Trinajstić information content (AvgIpc) is 2.48. The summed E-state index contributed by atoms with van der Waals surface area (Å²) < 4.78 is 5.15. The number of esters is 1. The zero-order chi connectivity index (χ0) is 15.5. The summed E-state index contributed by atoms with van der Waals surface area (Å²) in [5.74, 6) is -0.201. The maximum atomic E-state index is 12.1. The lowest BCUT2D eigenvalue weighted by Crippen LogP contribution is -2.31. The molecule has 0 spiro atoms. The van der Waals surface area contributed by atoms with E-state index in [0.29, 0.717) is 11.6 Å². The summed E-state index contributed by atoms with van der Waals surface area (Å²) in [6.07, 6.45) is 6.63. The molecule has 118 valence electrons. The van der Waals surface area contributed by atoms with E-state index in [1.807, 2.05) is 31.2 Å². The minimum Gasteiger partial charge on any atom is -0.464 e. The number of benzene rings is 1. The number of halogens is 1. The molecule has 3 nitrogen and oxygen atoms in total. The monoisotopic (exact) mass is 311 g/mol. The molecule has 21 heavy (non-hydrogen) atoms. The minimum atomic E-state index is -0.327. The number of unbranched alkanes of at least 4 members (excludes halogenated alkanes) is 4. The molecular weight excluding hydrogens is 286 g/mol. The molecule has 0 fully saturated rings. The van der Waals surface area contributed by atoms with E-state index in [1.54, 1.807) is 0 Å². The van der Waals surface area contributed by atoms with Crippen molar-refractivity contribution < 1.29 is 9.53 Å². The fourth-order valence-corrected chi connectivity index (χ4v) is 2.40. The molecule has 0 aliphatic heterocycles. The number of hydrogen-bond donors (Lipinski definition) is 1. The lowest BCUT2D eigenvalue weighted by atomic mass is 10.1. The Morgan fingerprint density at radius 1 is 1.19 bits per heavy atom. The molecule has 1 rings (SSSR count). The second-order valence-electron chi connectivity index (χ2n) is 5.13. The van der Waals surface area contributed by atoms with Crippen LogP contribution in [0.5, 0.6) is 0 Å². The van der Waals surface area contributed by atoms with E-state index < -0.39 is 0 Å². The van der Waals surface area contributed by atoms with Gasteiger partial charge in [-0.2, -0.15) is 0 Å². The molecule has 1 unspecified atom stereocenters. The van der Waals surface area contributed by atoms with Gasteiger partial charge in [0.15, 0.2) is 0 Å². The van der Waals surface area contributed by atoms with Gasteiger partial charge in [-0.25, -0.2) is 4.79 Å². The number of carbonyl (C=O) groups is 1. The van der Waals surface area contributed by atoms with Crippen LogP contribution in [-0.4, -0.2) is 18.6 Å². The van der Waals surface area contributed by atoms with Crippen molar-refractivity contribution in [3.05, 3.63) is 29.3 Å². The molecule has 0 aliphatic rings. The summed E-state index contributed by atoms with van der Waals surface area (Å²) in [5, 5.41) is 3.84. The van der Waals surface area contributed by atoms with Gasteiger partial charge in [-0.05, 0) is 25.5 Å². The first-order valence-corrected chi connectivity index (χ1v) is 8.24. The van der Waals surface area contributed by atoms with Crippen LogP contribution < -0.4 is 5.32 Å². The zero-order valence-electron chi connectivity index (χ0n) is 13.0. The summed E-state index contributed by atoms with van der Waals surface area (Å²) in [5.41, 5.74) is 0.783. The second kappa shape index (κ2) is 10.5. The van der Waals surface area contributed by atoms with Crippen LogP contribution in [0.25, 0.3) is 0 Å². The van der Waals surface area contributed by atoms with Gasteiger partial charge in [0.05, 0.1) is 17.3 Å². The predicted octanol–water partition coefficient (Wildman–Crippen LogP) is 5.04. The zero-order valence-corrected chi connectivity index (χ0v) is 13.8. The van der Waals surface area contributed by atoms with Crippen LogP contribution in [0.2, 0.25) is 5.02 Å². The molecule has 1 aromatic rings. The summed E-state index contributed by atoms with van der Waals surface area (Å²) in [4.78, 5) is 12.1. The first-order valence-electron chi connectivity index (χ1n) is 7.86. The fraction of sp³-hybridized carbons (Fsp3) is 0.588. The van der Waals surface area contributed by atoms with Gasteiger partial charge >= 0.3 is 5.97 Å². The van der Waals surface area contributed by atoms with E-state index in [-0.39, 0.29) is 12.0 Å². The van der Waals surface area contributed by atoms with E-state index >= 15 is 0 Å². The largest absolute Gasteiger partial charge is 0.464 e. The number of para-hydroxylation sites is 1. The first-order chi connectivity index (χ1) is 10.2. The third-order valence-corrected chi connectivity index (χ3v) is 3.70. The smallest absolute Gasteiger partial charge is 0.328 e. The highest BCUT2D eigenvalue weighted by molar-refractivity contribution is 6.33. The summed E-state index contributed by atoms with van der Waals surface area (Å²) >= 11 is 6.14. The molecule has 0 heterocycles. The summed E-state index contributed by atoms with van der Waals surface area (Å²) in [6.45, 7) is 4.42. The van der Waals surface area contributed by atoms with E-state index in [9.17, 15) is 4.79 Å². The molecule has 1 N–H and O–H groups in total. The van der Waals surface area contributed by atoms with E-state index in [2.05, 4.69) is 12.2 Å². The standard InChI is InChI=1S/C17H26ClNO2/c1-3-5-6-7-8-13-16(17(20)21-4-2)19-15-12-10-9-11-14(15)18/h9-12,16,19H,3-8,13H2,1-2H3. The molecular formula is C17H26ClNO2. The van der Waals surface area contributed by atoms with Gasteiger partial charge in [-0.15, -0.1) is 0 Å². The number of ether oxygens (including phenoxy) is 1. The highest BCUT2D eigenvalue weighted by Crippen LogP contribution is 2.23. The molecule has 0 bridgehead atoms. The van der Waals surface area contributed by atoms with Crippen molar-refractivity contribution in [2.45, 2.75) is 58.4 Å². The Hall–Kier alpha value is -1.22. The van der Waals surface area contributed by atoms with Crippen LogP contribution in [0.4, 0.5) is 5.69 Å². The minimum absolute atomic E-state index is 0.201. The maximum absolute atomic E-state index is 12.1. The third-order valence-electron chi connectivity index (χ3n) is 3.37. The summed E-state index contributed by atoms with van der Waals surface area (Å²) in [6, 6.07) is 7.14. The van der Waals surface area contributed by atoms with Gasteiger partial charge in [-0.3, -0.25) is 0 Å². The SMILES string of the molecule is CCCCCCCC(Nc1ccccc1Cl)C(=O)OCC. The van der Waals surface area contributed by atoms with Crippen molar-refractivity contribution in [3.8, 4) is 0 Å². The van der Waals surface area contributed by atoms with Crippen LogP contribution in [0, 0.1) is 0 Å². The van der Waals surface area contributed by atoms with E-state index in [1.165, 1.54) is 19.3 Å². The van der Waals surface area contributed by atoms with E-state index in [4.69, 9.17) is 16.3 Å². The van der Waals surface area contributed by atoms with Crippen LogP contribution in [0.15, 0.2) is 24.3 Å². The Labute approximate surface area is 133 Å². The van der Waals surface area contributed by atoms with Gasteiger partial charge < -0.3 is 10.1 Å². The van der Waals surface area contributed by atoms with Gasteiger partial charge in [0.1, 0.15) is 6.04 Å². The molecule has 4 heteroatoms. The Balaban J connectivity index is 2.56. The lowest BCUT2D eigenvalue weighted by Gasteiger charge is -2.19. The van der Waals surface area contributed by atoms with Crippen molar-refractivity contribution in [3.63, 3.8) is 0 Å². The quantitative estimate of drug-likeness (QED) is 0.485. The van der Waals surface area contributed by atoms with Crippen molar-refractivity contribution in [1.29, 1.82) is 0 Å². The highest BCUT2D eigenvalue weighted by atomic mass is 35.5. The molecule has 0 saturated carbocycles. The molecule has 1 atom stereocenters. The molecule has 0 radical (unpaired) electrons. The maximum Gasteiger partial charge on any atom is 0.328 e. The Morgan fingerprint density at radius 3 is 2.57 bits per heavy atom. The molecule has 0 aromatic heterocycles.